The van der Waals surface area contributed by atoms with Crippen LogP contribution in [0.2, 0.25) is 0 Å². The summed E-state index contributed by atoms with van der Waals surface area (Å²) in [4.78, 5) is 0. The van der Waals surface area contributed by atoms with E-state index in [1.165, 1.54) is 270 Å². The molecule has 0 heterocycles. The van der Waals surface area contributed by atoms with Crippen molar-refractivity contribution >= 4 is 0 Å². The summed E-state index contributed by atoms with van der Waals surface area (Å²) < 4.78 is 0. The molecule has 0 radical (unpaired) electrons. The maximum Gasteiger partial charge on any atom is -0.0297 e. The van der Waals surface area contributed by atoms with E-state index in [0.29, 0.717) is 21.7 Å². The van der Waals surface area contributed by atoms with E-state index in [9.17, 15) is 0 Å². The molecule has 102 heavy (non-hydrogen) atoms. The molecule has 15 aliphatic carbocycles. The molecule has 0 amide bonds. The van der Waals surface area contributed by atoms with Crippen LogP contribution in [0, 0.1) is 163 Å². The van der Waals surface area contributed by atoms with Gasteiger partial charge < -0.3 is 0 Å². The second-order valence-electron chi connectivity index (χ2n) is 44.8. The van der Waals surface area contributed by atoms with Gasteiger partial charge in [-0.15, -0.1) is 0 Å². The van der Waals surface area contributed by atoms with Crippen molar-refractivity contribution in [3.05, 3.63) is 0 Å². The molecule has 0 nitrogen and oxygen atoms in total. The summed E-state index contributed by atoms with van der Waals surface area (Å²) >= 11 is 0. The number of fused-ring (bicyclic) bond motifs is 6. The van der Waals surface area contributed by atoms with E-state index in [1.54, 1.807) is 32.1 Å². The number of hydrogen-bond donors (Lipinski definition) is 0. The number of rotatable bonds is 4. The Labute approximate surface area is 648 Å². The minimum atomic E-state index is 0.571. The molecular formula is C102H198. The fraction of sp³-hybridized carbons (Fsp3) is 1.00. The quantitative estimate of drug-likeness (QED) is 0.263. The molecule has 0 aromatic rings. The van der Waals surface area contributed by atoms with E-state index >= 15 is 0 Å². The van der Waals surface area contributed by atoms with Crippen molar-refractivity contribution in [1.29, 1.82) is 0 Å². The normalized spacial score (nSPS) is 36.9. The van der Waals surface area contributed by atoms with Gasteiger partial charge in [0.05, 0.1) is 0 Å². The van der Waals surface area contributed by atoms with Gasteiger partial charge in [0.15, 0.2) is 0 Å². The lowest BCUT2D eigenvalue weighted by Gasteiger charge is -2.47. The maximum absolute atomic E-state index is 2.48. The second kappa shape index (κ2) is 47.4. The first-order valence-electron chi connectivity index (χ1n) is 47.9. The van der Waals surface area contributed by atoms with Crippen molar-refractivity contribution in [2.45, 2.75) is 489 Å². The van der Waals surface area contributed by atoms with Gasteiger partial charge >= 0.3 is 0 Å². The molecule has 6 bridgehead atoms. The Morgan fingerprint density at radius 3 is 0.951 bits per heavy atom. The fourth-order valence-corrected chi connectivity index (χ4v) is 23.1. The van der Waals surface area contributed by atoms with Gasteiger partial charge in [-0.05, 0) is 259 Å². The smallest absolute Gasteiger partial charge is 0.0297 e. The summed E-state index contributed by atoms with van der Waals surface area (Å²) in [5, 5.41) is 0. The Hall–Kier alpha value is 0. The Bertz CT molecular complexity index is 1990. The maximum atomic E-state index is 2.48. The van der Waals surface area contributed by atoms with Crippen LogP contribution in [0.5, 0.6) is 0 Å². The van der Waals surface area contributed by atoms with Crippen LogP contribution in [-0.2, 0) is 0 Å². The van der Waals surface area contributed by atoms with Crippen LogP contribution in [0.4, 0.5) is 0 Å². The Morgan fingerprint density at radius 1 is 0.284 bits per heavy atom. The largest absolute Gasteiger partial charge is 0.0651 e. The van der Waals surface area contributed by atoms with Crippen molar-refractivity contribution in [2.24, 2.45) is 163 Å². The molecule has 15 rings (SSSR count). The minimum absolute atomic E-state index is 0.571. The summed E-state index contributed by atoms with van der Waals surface area (Å²) in [7, 11) is 0. The first-order valence-corrected chi connectivity index (χ1v) is 47.9. The highest BCUT2D eigenvalue weighted by atomic mass is 14.5. The first kappa shape index (κ1) is 94.4. The molecule has 0 aromatic carbocycles. The molecule has 10 unspecified atom stereocenters. The molecule has 15 fully saturated rings. The zero-order valence-corrected chi connectivity index (χ0v) is 76.0. The van der Waals surface area contributed by atoms with Crippen LogP contribution < -0.4 is 0 Å². The molecule has 0 heteroatoms. The molecule has 606 valence electrons. The van der Waals surface area contributed by atoms with Gasteiger partial charge in [-0.2, -0.15) is 0 Å². The lowest BCUT2D eigenvalue weighted by atomic mass is 9.58. The monoisotopic (exact) mass is 1420 g/mol. The molecular weight excluding hydrogens is 1230 g/mol. The summed E-state index contributed by atoms with van der Waals surface area (Å²) in [5.74, 6) is 23.8. The predicted molar refractivity (Wildman–Crippen MR) is 463 cm³/mol. The molecule has 15 atom stereocenters. The van der Waals surface area contributed by atoms with E-state index in [1.807, 2.05) is 0 Å². The lowest BCUT2D eigenvalue weighted by Crippen LogP contribution is -2.38. The summed E-state index contributed by atoms with van der Waals surface area (Å²) in [6.07, 6.45) is 69.9. The zero-order valence-electron chi connectivity index (χ0n) is 76.0. The molecule has 15 saturated carbocycles. The van der Waals surface area contributed by atoms with Crippen LogP contribution in [0.25, 0.3) is 0 Å². The number of hydrogen-bond acceptors (Lipinski definition) is 0. The third-order valence-electron chi connectivity index (χ3n) is 34.8. The Kier molecular flexibility index (Phi) is 43.8. The van der Waals surface area contributed by atoms with Crippen LogP contribution in [-0.4, -0.2) is 0 Å². The average Bonchev–Trinajstić information content (AvgIpc) is 1.62. The second-order valence-corrected chi connectivity index (χ2v) is 44.8. The predicted octanol–water partition coefficient (Wildman–Crippen LogP) is 35.0. The van der Waals surface area contributed by atoms with Crippen molar-refractivity contribution < 1.29 is 0 Å². The first-order chi connectivity index (χ1) is 47.9. The van der Waals surface area contributed by atoms with Gasteiger partial charge in [0.2, 0.25) is 0 Å². The highest BCUT2D eigenvalue weighted by Crippen LogP contribution is 2.57. The van der Waals surface area contributed by atoms with Crippen molar-refractivity contribution in [3.8, 4) is 0 Å². The average molecular weight is 1420 g/mol. The summed E-state index contributed by atoms with van der Waals surface area (Å²) in [6, 6.07) is 0. The Balaban J connectivity index is 0.000000236. The molecule has 0 saturated heterocycles. The van der Waals surface area contributed by atoms with Gasteiger partial charge in [-0.3, -0.25) is 0 Å². The zero-order chi connectivity index (χ0) is 76.0. The molecule has 0 aliphatic heterocycles. The SMILES string of the molecule is CC(C)C1CCC1.CC(C)C1CCCC1.CC1C(C)(C)CCCC1(C)C.CC1C2CCC(C2)[C@H]1C.CC1CCC(C)(C)CC1.CC1CCCC(C)C1C.CC1CCCC[C@H]1C.CCC1CCCC1.CCC1CCCCC1.C[C@@H]1CCCCC1(C)C.C[C@H]1CC2CCC1(C)C2.C[C@H]1CC2CCC1C2. The van der Waals surface area contributed by atoms with E-state index in [4.69, 9.17) is 0 Å². The van der Waals surface area contributed by atoms with Gasteiger partial charge in [0.1, 0.15) is 0 Å². The van der Waals surface area contributed by atoms with Gasteiger partial charge in [0.25, 0.3) is 0 Å². The van der Waals surface area contributed by atoms with Crippen LogP contribution in [0.3, 0.4) is 0 Å². The molecule has 15 aliphatic rings. The summed E-state index contributed by atoms with van der Waals surface area (Å²) in [5.41, 5.74) is 3.21. The van der Waals surface area contributed by atoms with E-state index in [0.717, 1.165) is 142 Å². The van der Waals surface area contributed by atoms with Crippen LogP contribution in [0.1, 0.15) is 489 Å². The van der Waals surface area contributed by atoms with Crippen molar-refractivity contribution in [2.75, 3.05) is 0 Å². The van der Waals surface area contributed by atoms with Crippen molar-refractivity contribution in [3.63, 3.8) is 0 Å². The fourth-order valence-electron chi connectivity index (χ4n) is 23.1. The molecule has 0 aromatic heterocycles. The topological polar surface area (TPSA) is 0 Å². The van der Waals surface area contributed by atoms with Gasteiger partial charge in [0, 0.05) is 0 Å². The van der Waals surface area contributed by atoms with Crippen LogP contribution >= 0.6 is 0 Å². The highest BCUT2D eigenvalue weighted by Gasteiger charge is 2.47. The van der Waals surface area contributed by atoms with Gasteiger partial charge in [-0.1, -0.05) is 392 Å². The van der Waals surface area contributed by atoms with E-state index < -0.39 is 0 Å². The molecule has 0 N–H and O–H groups in total. The van der Waals surface area contributed by atoms with Crippen molar-refractivity contribution in [1.82, 2.24) is 0 Å². The standard InChI is InChI=1S/C11H22.2C9H16.3C9H18.C8H14.3C8H16.2C7H14/c1-9-10(2,3)7-6-8-11(9,4)5;1-7-5-8-3-4-9(7,2)6-8;1-6-7(2)9-4-3-8(6)5-9;1-8-4-6-9(2,3)7-5-8;1-8-6-4-5-7-9(8,2)3;1-7-5-4-6-8(2)9(7)3;1-6-4-7-2-3-8(6)5-7;1-7-5-3-4-6-8(7)2;1-7(2)8-5-3-4-6-8;1-2-8-6-4-3-5-7-8;1-6(2)7-4-3-5-7;1-2-7-5-3-4-6-7/h9H,6-8H2,1-5H3;7-8H,3-6H2,1-2H3;6-9H,3-5H2,1-2H3;2*8H,4-7H2,1-3H3;7-9H,4-6H2,1-3H3;6-8H,2-5H2,1H3;2*7-8H,3-6H2,1-2H3;8H,2-7H2,1H3;6-7H,3-5H2,1-2H3;7H,2-6H2,1H3/t;7-,8?,9?;6-,7?,8?,9?;;8-;;6-,7?,8?;7-,8?;;;;/m.00.1.01..../s1. The lowest BCUT2D eigenvalue weighted by molar-refractivity contribution is 0.0286. The van der Waals surface area contributed by atoms with Crippen LogP contribution in [0.15, 0.2) is 0 Å². The van der Waals surface area contributed by atoms with Gasteiger partial charge in [-0.25, -0.2) is 0 Å². The van der Waals surface area contributed by atoms with E-state index in [-0.39, 0.29) is 0 Å². The highest BCUT2D eigenvalue weighted by molar-refractivity contribution is 4.97. The molecule has 0 spiro atoms. The van der Waals surface area contributed by atoms with E-state index in [2.05, 4.69) is 187 Å². The third-order valence-corrected chi connectivity index (χ3v) is 34.8. The third kappa shape index (κ3) is 33.9. The Morgan fingerprint density at radius 2 is 0.696 bits per heavy atom. The minimum Gasteiger partial charge on any atom is -0.0651 e. The summed E-state index contributed by atoms with van der Waals surface area (Å²) in [6.45, 7) is 64.5.